The Hall–Kier alpha value is -2.66. The van der Waals surface area contributed by atoms with Crippen molar-refractivity contribution in [3.05, 3.63) is 71.3 Å². The minimum Gasteiger partial charge on any atom is -0.447 e. The van der Waals surface area contributed by atoms with Crippen molar-refractivity contribution in [1.29, 1.82) is 0 Å². The van der Waals surface area contributed by atoms with Crippen LogP contribution in [-0.2, 0) is 25.5 Å². The number of carbonyl (C=O) groups is 2. The number of aryl methyl sites for hydroxylation is 1. The van der Waals surface area contributed by atoms with Gasteiger partial charge in [-0.1, -0.05) is 54.6 Å². The number of carbonyl (C=O) groups excluding carboxylic acids is 2. The average Bonchev–Trinajstić information content (AvgIpc) is 2.69. The van der Waals surface area contributed by atoms with E-state index in [2.05, 4.69) is 0 Å². The molecule has 5 heteroatoms. The first-order valence-electron chi connectivity index (χ1n) is 8.80. The van der Waals surface area contributed by atoms with Crippen LogP contribution in [-0.4, -0.2) is 43.1 Å². The van der Waals surface area contributed by atoms with Crippen LogP contribution in [0.4, 0.5) is 0 Å². The molecule has 2 aromatic carbocycles. The van der Waals surface area contributed by atoms with Gasteiger partial charge in [-0.2, -0.15) is 0 Å². The van der Waals surface area contributed by atoms with Crippen molar-refractivity contribution in [2.75, 3.05) is 26.3 Å². The maximum absolute atomic E-state index is 12.9. The van der Waals surface area contributed by atoms with Gasteiger partial charge in [-0.05, 0) is 18.1 Å². The summed E-state index contributed by atoms with van der Waals surface area (Å²) in [5.74, 6) is -0.604. The van der Waals surface area contributed by atoms with Gasteiger partial charge in [0.2, 0.25) is 6.10 Å². The molecule has 0 radical (unpaired) electrons. The molecule has 26 heavy (non-hydrogen) atoms. The zero-order valence-corrected chi connectivity index (χ0v) is 14.9. The molecule has 0 bridgehead atoms. The molecule has 0 saturated carbocycles. The third kappa shape index (κ3) is 4.49. The van der Waals surface area contributed by atoms with E-state index in [9.17, 15) is 9.59 Å². The third-order valence-electron chi connectivity index (χ3n) is 4.49. The molecule has 1 aliphatic heterocycles. The number of hydrogen-bond acceptors (Lipinski definition) is 4. The van der Waals surface area contributed by atoms with Crippen LogP contribution < -0.4 is 0 Å². The van der Waals surface area contributed by atoms with Crippen molar-refractivity contribution >= 4 is 11.9 Å². The molecule has 5 nitrogen and oxygen atoms in total. The highest BCUT2D eigenvalue weighted by Gasteiger charge is 2.30. The Morgan fingerprint density at radius 3 is 2.38 bits per heavy atom. The van der Waals surface area contributed by atoms with Crippen LogP contribution in [0.5, 0.6) is 0 Å². The van der Waals surface area contributed by atoms with Crippen LogP contribution in [0, 0.1) is 6.92 Å². The lowest BCUT2D eigenvalue weighted by molar-refractivity contribution is -0.162. The summed E-state index contributed by atoms with van der Waals surface area (Å²) in [5.41, 5.74) is 2.62. The first kappa shape index (κ1) is 18.1. The Bertz CT molecular complexity index is 754. The first-order valence-corrected chi connectivity index (χ1v) is 8.80. The highest BCUT2D eigenvalue weighted by molar-refractivity contribution is 5.85. The lowest BCUT2D eigenvalue weighted by atomic mass is 10.1. The van der Waals surface area contributed by atoms with Crippen molar-refractivity contribution in [3.8, 4) is 0 Å². The second-order valence-corrected chi connectivity index (χ2v) is 6.32. The number of ether oxygens (including phenoxy) is 2. The van der Waals surface area contributed by atoms with Crippen molar-refractivity contribution in [1.82, 2.24) is 4.90 Å². The summed E-state index contributed by atoms with van der Waals surface area (Å²) in [5, 5.41) is 0. The van der Waals surface area contributed by atoms with E-state index < -0.39 is 12.1 Å². The van der Waals surface area contributed by atoms with E-state index >= 15 is 0 Å². The summed E-state index contributed by atoms with van der Waals surface area (Å²) in [6.07, 6.45) is -0.780. The quantitative estimate of drug-likeness (QED) is 0.776. The van der Waals surface area contributed by atoms with Gasteiger partial charge in [-0.25, -0.2) is 0 Å². The van der Waals surface area contributed by atoms with E-state index in [0.29, 0.717) is 31.9 Å². The van der Waals surface area contributed by atoms with Crippen LogP contribution in [0.15, 0.2) is 54.6 Å². The molecule has 0 N–H and O–H groups in total. The van der Waals surface area contributed by atoms with Gasteiger partial charge in [0.15, 0.2) is 0 Å². The Balaban J connectivity index is 1.76. The molecule has 1 atom stereocenters. The van der Waals surface area contributed by atoms with Gasteiger partial charge in [-0.3, -0.25) is 9.59 Å². The molecule has 136 valence electrons. The van der Waals surface area contributed by atoms with Gasteiger partial charge in [0.1, 0.15) is 0 Å². The van der Waals surface area contributed by atoms with Gasteiger partial charge < -0.3 is 14.4 Å². The molecular formula is C21H23NO4. The molecule has 3 rings (SSSR count). The molecule has 0 spiro atoms. The fourth-order valence-corrected chi connectivity index (χ4v) is 2.98. The number of esters is 1. The summed E-state index contributed by atoms with van der Waals surface area (Å²) in [6.45, 7) is 3.99. The zero-order valence-electron chi connectivity index (χ0n) is 14.9. The van der Waals surface area contributed by atoms with Gasteiger partial charge in [0.25, 0.3) is 5.91 Å². The minimum atomic E-state index is -0.925. The highest BCUT2D eigenvalue weighted by Crippen LogP contribution is 2.22. The molecule has 1 aliphatic rings. The summed E-state index contributed by atoms with van der Waals surface area (Å²) in [6, 6.07) is 16.8. The minimum absolute atomic E-state index is 0.145. The molecule has 0 aromatic heterocycles. The largest absolute Gasteiger partial charge is 0.447 e. The van der Waals surface area contributed by atoms with E-state index in [1.165, 1.54) is 0 Å². The monoisotopic (exact) mass is 353 g/mol. The predicted octanol–water partition coefficient (Wildman–Crippen LogP) is 2.68. The molecule has 1 unspecified atom stereocenters. The van der Waals surface area contributed by atoms with Crippen LogP contribution in [0.1, 0.15) is 22.8 Å². The van der Waals surface area contributed by atoms with E-state index in [4.69, 9.17) is 9.47 Å². The average molecular weight is 353 g/mol. The van der Waals surface area contributed by atoms with Crippen molar-refractivity contribution in [2.24, 2.45) is 0 Å². The number of benzene rings is 2. The van der Waals surface area contributed by atoms with E-state index in [-0.39, 0.29) is 12.3 Å². The Labute approximate surface area is 153 Å². The second-order valence-electron chi connectivity index (χ2n) is 6.32. The second kappa shape index (κ2) is 8.63. The first-order chi connectivity index (χ1) is 12.6. The number of morpholine rings is 1. The van der Waals surface area contributed by atoms with Gasteiger partial charge in [0.05, 0.1) is 19.6 Å². The molecule has 1 amide bonds. The lowest BCUT2D eigenvalue weighted by Crippen LogP contribution is -2.44. The summed E-state index contributed by atoms with van der Waals surface area (Å²) in [7, 11) is 0. The smallest absolute Gasteiger partial charge is 0.311 e. The molecule has 1 heterocycles. The Kier molecular flexibility index (Phi) is 6.02. The van der Waals surface area contributed by atoms with Crippen LogP contribution >= 0.6 is 0 Å². The van der Waals surface area contributed by atoms with Crippen LogP contribution in [0.25, 0.3) is 0 Å². The van der Waals surface area contributed by atoms with Crippen LogP contribution in [0.3, 0.4) is 0 Å². The SMILES string of the molecule is Cc1ccccc1CC(=O)OC(C(=O)N1CCOCC1)c1ccccc1. The Morgan fingerprint density at radius 1 is 1.04 bits per heavy atom. The maximum atomic E-state index is 12.9. The third-order valence-corrected chi connectivity index (χ3v) is 4.49. The van der Waals surface area contributed by atoms with Gasteiger partial charge in [0, 0.05) is 18.7 Å². The highest BCUT2D eigenvalue weighted by atomic mass is 16.5. The summed E-state index contributed by atoms with van der Waals surface area (Å²) in [4.78, 5) is 27.2. The number of rotatable bonds is 5. The van der Waals surface area contributed by atoms with Crippen LogP contribution in [0.2, 0.25) is 0 Å². The fourth-order valence-electron chi connectivity index (χ4n) is 2.98. The van der Waals surface area contributed by atoms with E-state index in [0.717, 1.165) is 11.1 Å². The van der Waals surface area contributed by atoms with Gasteiger partial charge in [-0.15, -0.1) is 0 Å². The predicted molar refractivity (Wildman–Crippen MR) is 97.6 cm³/mol. The van der Waals surface area contributed by atoms with Crippen molar-refractivity contribution in [2.45, 2.75) is 19.4 Å². The van der Waals surface area contributed by atoms with Gasteiger partial charge >= 0.3 is 5.97 Å². The van der Waals surface area contributed by atoms with E-state index in [1.807, 2.05) is 61.5 Å². The maximum Gasteiger partial charge on any atom is 0.311 e. The van der Waals surface area contributed by atoms with Crippen molar-refractivity contribution in [3.63, 3.8) is 0 Å². The number of amides is 1. The Morgan fingerprint density at radius 2 is 1.69 bits per heavy atom. The molecule has 1 fully saturated rings. The summed E-state index contributed by atoms with van der Waals surface area (Å²) >= 11 is 0. The van der Waals surface area contributed by atoms with E-state index in [1.54, 1.807) is 4.90 Å². The van der Waals surface area contributed by atoms with Crippen molar-refractivity contribution < 1.29 is 19.1 Å². The lowest BCUT2D eigenvalue weighted by Gasteiger charge is -2.30. The topological polar surface area (TPSA) is 55.8 Å². The normalized spacial score (nSPS) is 15.3. The molecule has 1 saturated heterocycles. The summed E-state index contributed by atoms with van der Waals surface area (Å²) < 4.78 is 10.9. The molecular weight excluding hydrogens is 330 g/mol. The molecule has 0 aliphatic carbocycles. The molecule has 2 aromatic rings. The standard InChI is InChI=1S/C21H23NO4/c1-16-7-5-6-10-18(16)15-19(23)26-20(17-8-3-2-4-9-17)21(24)22-11-13-25-14-12-22/h2-10,20H,11-15H2,1H3. The zero-order chi connectivity index (χ0) is 18.4. The number of nitrogens with zero attached hydrogens (tertiary/aromatic N) is 1. The fraction of sp³-hybridized carbons (Fsp3) is 0.333. The number of hydrogen-bond donors (Lipinski definition) is 0.